The lowest BCUT2D eigenvalue weighted by molar-refractivity contribution is 0.0696. The van der Waals surface area contributed by atoms with Crippen molar-refractivity contribution >= 4 is 18.1 Å². The standard InChI is InChI=1S/C21H22O4/c1-21(2)10-11-25-18-9-5-14(12-17(18)21)4-6-15-7-8-16(20(22)23)13-19(15)24-3/h4-9,12-13H,10-11H2,1-3H3,(H,22,23)/b6-4+. The number of fused-ring (bicyclic) bond motifs is 1. The molecule has 1 N–H and O–H groups in total. The van der Waals surface area contributed by atoms with Gasteiger partial charge in [-0.25, -0.2) is 4.79 Å². The van der Waals surface area contributed by atoms with Gasteiger partial charge in [0.05, 0.1) is 19.3 Å². The molecule has 0 radical (unpaired) electrons. The molecule has 4 heteroatoms. The van der Waals surface area contributed by atoms with Crippen LogP contribution in [0.25, 0.3) is 12.2 Å². The van der Waals surface area contributed by atoms with Crippen LogP contribution in [0, 0.1) is 0 Å². The molecule has 1 aliphatic heterocycles. The predicted molar refractivity (Wildman–Crippen MR) is 98.5 cm³/mol. The molecule has 0 aliphatic carbocycles. The van der Waals surface area contributed by atoms with Gasteiger partial charge in [-0.3, -0.25) is 0 Å². The van der Waals surface area contributed by atoms with Crippen molar-refractivity contribution in [2.75, 3.05) is 13.7 Å². The molecule has 0 aromatic heterocycles. The SMILES string of the molecule is COc1cc(C(=O)O)ccc1/C=C/c1ccc2c(c1)C(C)(C)CCO2. The van der Waals surface area contributed by atoms with Gasteiger partial charge in [0.25, 0.3) is 0 Å². The Labute approximate surface area is 147 Å². The molecule has 2 aromatic rings. The molecular weight excluding hydrogens is 316 g/mol. The number of benzene rings is 2. The highest BCUT2D eigenvalue weighted by Crippen LogP contribution is 2.39. The average Bonchev–Trinajstić information content (AvgIpc) is 2.59. The van der Waals surface area contributed by atoms with E-state index in [-0.39, 0.29) is 11.0 Å². The zero-order valence-corrected chi connectivity index (χ0v) is 14.7. The summed E-state index contributed by atoms with van der Waals surface area (Å²) in [7, 11) is 1.54. The molecule has 2 aromatic carbocycles. The smallest absolute Gasteiger partial charge is 0.335 e. The fraction of sp³-hybridized carbons (Fsp3) is 0.286. The van der Waals surface area contributed by atoms with Crippen molar-refractivity contribution in [3.8, 4) is 11.5 Å². The molecule has 0 unspecified atom stereocenters. The number of carboxylic acid groups (broad SMARTS) is 1. The maximum absolute atomic E-state index is 11.1. The monoisotopic (exact) mass is 338 g/mol. The van der Waals surface area contributed by atoms with Crippen LogP contribution in [0.5, 0.6) is 11.5 Å². The van der Waals surface area contributed by atoms with Crippen molar-refractivity contribution in [2.45, 2.75) is 25.7 Å². The second kappa shape index (κ2) is 6.63. The lowest BCUT2D eigenvalue weighted by atomic mass is 9.79. The summed E-state index contributed by atoms with van der Waals surface area (Å²) in [6.45, 7) is 5.22. The lowest BCUT2D eigenvalue weighted by Crippen LogP contribution is -2.26. The van der Waals surface area contributed by atoms with Gasteiger partial charge in [-0.05, 0) is 41.7 Å². The third kappa shape index (κ3) is 3.53. The van der Waals surface area contributed by atoms with Gasteiger partial charge < -0.3 is 14.6 Å². The number of carboxylic acids is 1. The van der Waals surface area contributed by atoms with E-state index in [9.17, 15) is 4.79 Å². The van der Waals surface area contributed by atoms with E-state index in [1.165, 1.54) is 18.7 Å². The molecule has 0 spiro atoms. The molecule has 130 valence electrons. The van der Waals surface area contributed by atoms with Gasteiger partial charge in [-0.1, -0.05) is 38.1 Å². The highest BCUT2D eigenvalue weighted by Gasteiger charge is 2.28. The van der Waals surface area contributed by atoms with Gasteiger partial charge in [-0.2, -0.15) is 0 Å². The van der Waals surface area contributed by atoms with Gasteiger partial charge in [0.15, 0.2) is 0 Å². The van der Waals surface area contributed by atoms with Crippen molar-refractivity contribution in [1.29, 1.82) is 0 Å². The summed E-state index contributed by atoms with van der Waals surface area (Å²) in [5.41, 5.74) is 3.43. The normalized spacial score (nSPS) is 15.5. The minimum absolute atomic E-state index is 0.0955. The number of ether oxygens (including phenoxy) is 2. The van der Waals surface area contributed by atoms with Gasteiger partial charge in [-0.15, -0.1) is 0 Å². The first-order valence-electron chi connectivity index (χ1n) is 8.27. The van der Waals surface area contributed by atoms with Crippen LogP contribution in [-0.4, -0.2) is 24.8 Å². The van der Waals surface area contributed by atoms with Crippen LogP contribution in [0.4, 0.5) is 0 Å². The molecule has 0 saturated heterocycles. The number of methoxy groups -OCH3 is 1. The molecule has 4 nitrogen and oxygen atoms in total. The maximum atomic E-state index is 11.1. The van der Waals surface area contributed by atoms with Gasteiger partial charge >= 0.3 is 5.97 Å². The third-order valence-corrected chi connectivity index (χ3v) is 4.65. The second-order valence-corrected chi connectivity index (χ2v) is 6.83. The van der Waals surface area contributed by atoms with Crippen LogP contribution in [0.15, 0.2) is 36.4 Å². The van der Waals surface area contributed by atoms with Crippen LogP contribution >= 0.6 is 0 Å². The molecule has 3 rings (SSSR count). The Bertz CT molecular complexity index is 834. The molecule has 1 heterocycles. The van der Waals surface area contributed by atoms with E-state index in [0.29, 0.717) is 5.75 Å². The second-order valence-electron chi connectivity index (χ2n) is 6.83. The Balaban J connectivity index is 1.91. The Morgan fingerprint density at radius 2 is 2.00 bits per heavy atom. The highest BCUT2D eigenvalue weighted by molar-refractivity contribution is 5.89. The number of rotatable bonds is 4. The zero-order valence-electron chi connectivity index (χ0n) is 14.7. The fourth-order valence-corrected chi connectivity index (χ4v) is 3.02. The van der Waals surface area contributed by atoms with E-state index in [4.69, 9.17) is 14.6 Å². The Hall–Kier alpha value is -2.75. The first-order chi connectivity index (χ1) is 11.9. The summed E-state index contributed by atoms with van der Waals surface area (Å²) in [5.74, 6) is 0.528. The van der Waals surface area contributed by atoms with Crippen LogP contribution < -0.4 is 9.47 Å². The Morgan fingerprint density at radius 1 is 1.20 bits per heavy atom. The van der Waals surface area contributed by atoms with Gasteiger partial charge in [0, 0.05) is 11.1 Å². The number of hydrogen-bond donors (Lipinski definition) is 1. The van der Waals surface area contributed by atoms with E-state index >= 15 is 0 Å². The number of hydrogen-bond acceptors (Lipinski definition) is 3. The lowest BCUT2D eigenvalue weighted by Gasteiger charge is -2.32. The average molecular weight is 338 g/mol. The largest absolute Gasteiger partial charge is 0.496 e. The summed E-state index contributed by atoms with van der Waals surface area (Å²) in [4.78, 5) is 11.1. The fourth-order valence-electron chi connectivity index (χ4n) is 3.02. The van der Waals surface area contributed by atoms with E-state index in [1.807, 2.05) is 24.3 Å². The van der Waals surface area contributed by atoms with Crippen molar-refractivity contribution < 1.29 is 19.4 Å². The van der Waals surface area contributed by atoms with Gasteiger partial charge in [0.2, 0.25) is 0 Å². The van der Waals surface area contributed by atoms with Crippen molar-refractivity contribution in [3.63, 3.8) is 0 Å². The van der Waals surface area contributed by atoms with Crippen molar-refractivity contribution in [2.24, 2.45) is 0 Å². The van der Waals surface area contributed by atoms with Crippen LogP contribution in [0.3, 0.4) is 0 Å². The quantitative estimate of drug-likeness (QED) is 0.826. The molecule has 25 heavy (non-hydrogen) atoms. The highest BCUT2D eigenvalue weighted by atomic mass is 16.5. The topological polar surface area (TPSA) is 55.8 Å². The minimum Gasteiger partial charge on any atom is -0.496 e. The third-order valence-electron chi connectivity index (χ3n) is 4.65. The van der Waals surface area contributed by atoms with Crippen LogP contribution in [-0.2, 0) is 5.41 Å². The molecule has 0 amide bonds. The molecule has 0 saturated carbocycles. The number of carbonyl (C=O) groups is 1. The van der Waals surface area contributed by atoms with E-state index < -0.39 is 5.97 Å². The summed E-state index contributed by atoms with van der Waals surface area (Å²) in [5, 5.41) is 9.08. The minimum atomic E-state index is -0.967. The molecule has 1 aliphatic rings. The van der Waals surface area contributed by atoms with E-state index in [1.54, 1.807) is 12.1 Å². The summed E-state index contributed by atoms with van der Waals surface area (Å²) in [6.07, 6.45) is 4.93. The molecular formula is C21H22O4. The van der Waals surface area contributed by atoms with Crippen molar-refractivity contribution in [3.05, 3.63) is 58.7 Å². The van der Waals surface area contributed by atoms with Crippen LogP contribution in [0.2, 0.25) is 0 Å². The molecule has 0 bridgehead atoms. The van der Waals surface area contributed by atoms with Gasteiger partial charge in [0.1, 0.15) is 11.5 Å². The number of aromatic carboxylic acids is 1. The zero-order chi connectivity index (χ0) is 18.0. The molecule has 0 atom stereocenters. The van der Waals surface area contributed by atoms with E-state index in [2.05, 4.69) is 19.9 Å². The summed E-state index contributed by atoms with van der Waals surface area (Å²) in [6, 6.07) is 11.1. The predicted octanol–water partition coefficient (Wildman–Crippen LogP) is 4.62. The Morgan fingerprint density at radius 3 is 2.72 bits per heavy atom. The molecule has 0 fully saturated rings. The Kier molecular flexibility index (Phi) is 4.53. The first kappa shape index (κ1) is 17.1. The maximum Gasteiger partial charge on any atom is 0.335 e. The van der Waals surface area contributed by atoms with Crippen molar-refractivity contribution in [1.82, 2.24) is 0 Å². The summed E-state index contributed by atoms with van der Waals surface area (Å²) < 4.78 is 11.1. The summed E-state index contributed by atoms with van der Waals surface area (Å²) >= 11 is 0. The van der Waals surface area contributed by atoms with Crippen LogP contribution in [0.1, 0.15) is 47.3 Å². The first-order valence-corrected chi connectivity index (χ1v) is 8.27. The van der Waals surface area contributed by atoms with E-state index in [0.717, 1.165) is 29.9 Å².